The van der Waals surface area contributed by atoms with E-state index in [-0.39, 0.29) is 6.04 Å². The molecular formula is C16H15Cl2F2N. The summed E-state index contributed by atoms with van der Waals surface area (Å²) < 4.78 is 26.3. The van der Waals surface area contributed by atoms with Gasteiger partial charge in [0.2, 0.25) is 0 Å². The first-order valence-electron chi connectivity index (χ1n) is 6.64. The zero-order chi connectivity index (χ0) is 15.4. The van der Waals surface area contributed by atoms with E-state index < -0.39 is 11.6 Å². The Labute approximate surface area is 132 Å². The van der Waals surface area contributed by atoms with Gasteiger partial charge in [0.05, 0.1) is 0 Å². The lowest BCUT2D eigenvalue weighted by Crippen LogP contribution is -2.23. The second-order valence-electron chi connectivity index (χ2n) is 4.70. The minimum atomic E-state index is -0.854. The number of likely N-dealkylation sites (N-methyl/N-ethyl adjacent to an activating group) is 1. The highest BCUT2D eigenvalue weighted by atomic mass is 35.5. The first-order valence-corrected chi connectivity index (χ1v) is 7.39. The van der Waals surface area contributed by atoms with E-state index in [1.54, 1.807) is 24.3 Å². The van der Waals surface area contributed by atoms with Gasteiger partial charge in [0.25, 0.3) is 0 Å². The van der Waals surface area contributed by atoms with E-state index in [0.29, 0.717) is 28.6 Å². The minimum absolute atomic E-state index is 0.166. The van der Waals surface area contributed by atoms with Crippen LogP contribution < -0.4 is 5.32 Å². The van der Waals surface area contributed by atoms with Crippen LogP contribution in [-0.2, 0) is 6.42 Å². The summed E-state index contributed by atoms with van der Waals surface area (Å²) in [5, 5.41) is 4.38. The molecule has 0 saturated carbocycles. The molecule has 2 rings (SSSR count). The summed E-state index contributed by atoms with van der Waals surface area (Å²) in [6, 6.07) is 9.02. The molecule has 2 aromatic carbocycles. The lowest BCUT2D eigenvalue weighted by Gasteiger charge is -2.21. The average Bonchev–Trinajstić information content (AvgIpc) is 2.43. The number of hydrogen-bond donors (Lipinski definition) is 1. The van der Waals surface area contributed by atoms with E-state index in [1.807, 2.05) is 6.92 Å². The second-order valence-corrected chi connectivity index (χ2v) is 5.51. The van der Waals surface area contributed by atoms with Crippen LogP contribution in [0.25, 0.3) is 0 Å². The first kappa shape index (κ1) is 16.2. The van der Waals surface area contributed by atoms with Crippen molar-refractivity contribution >= 4 is 23.2 Å². The monoisotopic (exact) mass is 329 g/mol. The molecule has 0 radical (unpaired) electrons. The predicted molar refractivity (Wildman–Crippen MR) is 82.9 cm³/mol. The Kier molecular flexibility index (Phi) is 5.57. The molecule has 2 aromatic rings. The lowest BCUT2D eigenvalue weighted by molar-refractivity contribution is 0.502. The molecule has 1 N–H and O–H groups in total. The summed E-state index contributed by atoms with van der Waals surface area (Å²) in [6.07, 6.45) is 0.467. The molecule has 1 atom stereocenters. The molecule has 0 heterocycles. The maximum atomic E-state index is 13.3. The zero-order valence-corrected chi connectivity index (χ0v) is 13.0. The third-order valence-corrected chi connectivity index (χ3v) is 3.88. The van der Waals surface area contributed by atoms with Crippen LogP contribution >= 0.6 is 23.2 Å². The Hall–Kier alpha value is -1.16. The Morgan fingerprint density at radius 1 is 1.05 bits per heavy atom. The summed E-state index contributed by atoms with van der Waals surface area (Å²) in [5.41, 5.74) is 1.45. The van der Waals surface area contributed by atoms with Gasteiger partial charge in [-0.25, -0.2) is 8.78 Å². The molecule has 1 nitrogen and oxygen atoms in total. The summed E-state index contributed by atoms with van der Waals surface area (Å²) >= 11 is 12.4. The van der Waals surface area contributed by atoms with Gasteiger partial charge in [0.15, 0.2) is 11.6 Å². The van der Waals surface area contributed by atoms with Gasteiger partial charge in [0, 0.05) is 21.7 Å². The molecule has 0 amide bonds. The van der Waals surface area contributed by atoms with Gasteiger partial charge in [-0.15, -0.1) is 0 Å². The van der Waals surface area contributed by atoms with Crippen LogP contribution in [0, 0.1) is 11.6 Å². The summed E-state index contributed by atoms with van der Waals surface area (Å²) in [5.74, 6) is -1.71. The molecule has 112 valence electrons. The van der Waals surface area contributed by atoms with Gasteiger partial charge >= 0.3 is 0 Å². The highest BCUT2D eigenvalue weighted by Crippen LogP contribution is 2.32. The number of benzene rings is 2. The molecule has 0 aliphatic rings. The Bertz CT molecular complexity index is 611. The third kappa shape index (κ3) is 3.94. The Morgan fingerprint density at radius 2 is 1.71 bits per heavy atom. The maximum absolute atomic E-state index is 13.3. The van der Waals surface area contributed by atoms with Crippen molar-refractivity contribution in [2.45, 2.75) is 19.4 Å². The molecule has 0 fully saturated rings. The van der Waals surface area contributed by atoms with Crippen molar-refractivity contribution in [1.29, 1.82) is 0 Å². The van der Waals surface area contributed by atoms with Crippen LogP contribution in [0.15, 0.2) is 36.4 Å². The molecule has 0 aliphatic carbocycles. The highest BCUT2D eigenvalue weighted by Gasteiger charge is 2.18. The van der Waals surface area contributed by atoms with Gasteiger partial charge < -0.3 is 5.32 Å². The van der Waals surface area contributed by atoms with Crippen LogP contribution in [0.2, 0.25) is 10.0 Å². The van der Waals surface area contributed by atoms with Crippen molar-refractivity contribution in [3.63, 3.8) is 0 Å². The second kappa shape index (κ2) is 7.21. The van der Waals surface area contributed by atoms with Crippen molar-refractivity contribution < 1.29 is 8.78 Å². The molecule has 0 saturated heterocycles. The van der Waals surface area contributed by atoms with Crippen molar-refractivity contribution in [2.75, 3.05) is 6.54 Å². The average molecular weight is 330 g/mol. The van der Waals surface area contributed by atoms with Crippen molar-refractivity contribution in [2.24, 2.45) is 0 Å². The van der Waals surface area contributed by atoms with Crippen LogP contribution in [0.5, 0.6) is 0 Å². The van der Waals surface area contributed by atoms with Gasteiger partial charge in [-0.2, -0.15) is 0 Å². The van der Waals surface area contributed by atoms with Gasteiger partial charge in [-0.1, -0.05) is 42.3 Å². The van der Waals surface area contributed by atoms with Crippen molar-refractivity contribution in [1.82, 2.24) is 5.32 Å². The first-order chi connectivity index (χ1) is 10.0. The quantitative estimate of drug-likeness (QED) is 0.798. The van der Waals surface area contributed by atoms with Crippen molar-refractivity contribution in [3.05, 3.63) is 69.2 Å². The van der Waals surface area contributed by atoms with E-state index in [2.05, 4.69) is 5.32 Å². The van der Waals surface area contributed by atoms with E-state index in [9.17, 15) is 8.78 Å². The molecule has 0 aliphatic heterocycles. The molecule has 0 bridgehead atoms. The van der Waals surface area contributed by atoms with Crippen LogP contribution in [0.1, 0.15) is 24.1 Å². The fourth-order valence-electron chi connectivity index (χ4n) is 2.27. The fraction of sp³-hybridized carbons (Fsp3) is 0.250. The number of hydrogen-bond acceptors (Lipinski definition) is 1. The van der Waals surface area contributed by atoms with E-state index in [0.717, 1.165) is 11.6 Å². The van der Waals surface area contributed by atoms with E-state index in [4.69, 9.17) is 23.2 Å². The third-order valence-electron chi connectivity index (χ3n) is 3.22. The summed E-state index contributed by atoms with van der Waals surface area (Å²) in [7, 11) is 0. The topological polar surface area (TPSA) is 12.0 Å². The highest BCUT2D eigenvalue weighted by molar-refractivity contribution is 6.36. The standard InChI is InChI=1S/C16H15Cl2F2N/c1-2-21-15(16-11(17)4-3-5-12(16)18)9-10-6-7-13(19)14(20)8-10/h3-8,15,21H,2,9H2,1H3. The van der Waals surface area contributed by atoms with Gasteiger partial charge in [-0.3, -0.25) is 0 Å². The van der Waals surface area contributed by atoms with E-state index in [1.165, 1.54) is 6.07 Å². The minimum Gasteiger partial charge on any atom is -0.310 e. The van der Waals surface area contributed by atoms with Crippen LogP contribution in [0.3, 0.4) is 0 Å². The maximum Gasteiger partial charge on any atom is 0.159 e. The Morgan fingerprint density at radius 3 is 2.29 bits per heavy atom. The normalized spacial score (nSPS) is 12.4. The van der Waals surface area contributed by atoms with Crippen molar-refractivity contribution in [3.8, 4) is 0 Å². The number of rotatable bonds is 5. The lowest BCUT2D eigenvalue weighted by atomic mass is 9.98. The largest absolute Gasteiger partial charge is 0.310 e. The number of nitrogens with one attached hydrogen (secondary N) is 1. The Balaban J connectivity index is 2.33. The summed E-state index contributed by atoms with van der Waals surface area (Å²) in [6.45, 7) is 2.67. The predicted octanol–water partition coefficient (Wildman–Crippen LogP) is 5.16. The van der Waals surface area contributed by atoms with Gasteiger partial charge in [-0.05, 0) is 42.8 Å². The molecule has 0 spiro atoms. The fourth-order valence-corrected chi connectivity index (χ4v) is 2.93. The zero-order valence-electron chi connectivity index (χ0n) is 11.5. The summed E-state index contributed by atoms with van der Waals surface area (Å²) in [4.78, 5) is 0. The molecule has 1 unspecified atom stereocenters. The van der Waals surface area contributed by atoms with E-state index >= 15 is 0 Å². The van der Waals surface area contributed by atoms with Crippen LogP contribution in [0.4, 0.5) is 8.78 Å². The molecule has 5 heteroatoms. The molecule has 0 aromatic heterocycles. The number of halogens is 4. The van der Waals surface area contributed by atoms with Gasteiger partial charge in [0.1, 0.15) is 0 Å². The SMILES string of the molecule is CCNC(Cc1ccc(F)c(F)c1)c1c(Cl)cccc1Cl. The molecular weight excluding hydrogens is 315 g/mol. The smallest absolute Gasteiger partial charge is 0.159 e. The van der Waals surface area contributed by atoms with Crippen LogP contribution in [-0.4, -0.2) is 6.54 Å². The molecule has 21 heavy (non-hydrogen) atoms.